The maximum atomic E-state index is 13.1. The van der Waals surface area contributed by atoms with E-state index < -0.39 is 5.82 Å². The Balaban J connectivity index is 1.66. The average molecular weight is 394 g/mol. The fourth-order valence-corrected chi connectivity index (χ4v) is 3.06. The maximum Gasteiger partial charge on any atom is 0.258 e. The molecule has 3 rings (SSSR count). The fourth-order valence-electron chi connectivity index (χ4n) is 2.84. The van der Waals surface area contributed by atoms with Crippen LogP contribution in [0.15, 0.2) is 36.4 Å². The molecule has 0 radical (unpaired) electrons. The SMILES string of the molecule is CC(C)C(NC(=O)COc1ccc(F)cc1Cl)c1ccc2c(c1)OCCO2. The third-order valence-electron chi connectivity index (χ3n) is 4.16. The van der Waals surface area contributed by atoms with Crippen molar-refractivity contribution < 1.29 is 23.4 Å². The Morgan fingerprint density at radius 3 is 2.63 bits per heavy atom. The number of benzene rings is 2. The summed E-state index contributed by atoms with van der Waals surface area (Å²) in [5, 5.41) is 3.08. The first-order chi connectivity index (χ1) is 12.9. The van der Waals surface area contributed by atoms with Crippen molar-refractivity contribution in [1.82, 2.24) is 5.32 Å². The zero-order chi connectivity index (χ0) is 19.4. The number of rotatable bonds is 6. The van der Waals surface area contributed by atoms with E-state index in [9.17, 15) is 9.18 Å². The Morgan fingerprint density at radius 2 is 1.93 bits per heavy atom. The van der Waals surface area contributed by atoms with E-state index >= 15 is 0 Å². The molecule has 144 valence electrons. The van der Waals surface area contributed by atoms with Gasteiger partial charge in [-0.25, -0.2) is 4.39 Å². The zero-order valence-electron chi connectivity index (χ0n) is 15.1. The molecule has 1 heterocycles. The smallest absolute Gasteiger partial charge is 0.258 e. The Morgan fingerprint density at radius 1 is 1.19 bits per heavy atom. The number of carbonyl (C=O) groups excluding carboxylic acids is 1. The standard InChI is InChI=1S/C20H21ClFNO4/c1-12(2)20(13-3-5-17-18(9-13)26-8-7-25-17)23-19(24)11-27-16-6-4-14(22)10-15(16)21/h3-6,9-10,12,20H,7-8,11H2,1-2H3,(H,23,24). The summed E-state index contributed by atoms with van der Waals surface area (Å²) in [7, 11) is 0. The largest absolute Gasteiger partial charge is 0.486 e. The van der Waals surface area contributed by atoms with Crippen molar-refractivity contribution in [1.29, 1.82) is 0 Å². The van der Waals surface area contributed by atoms with E-state index in [1.165, 1.54) is 12.1 Å². The molecular weight excluding hydrogens is 373 g/mol. The van der Waals surface area contributed by atoms with Crippen molar-refractivity contribution in [3.63, 3.8) is 0 Å². The van der Waals surface area contributed by atoms with Gasteiger partial charge in [-0.15, -0.1) is 0 Å². The first-order valence-corrected chi connectivity index (χ1v) is 9.08. The summed E-state index contributed by atoms with van der Waals surface area (Å²) >= 11 is 5.91. The molecule has 2 aromatic rings. The molecule has 1 N–H and O–H groups in total. The first kappa shape index (κ1) is 19.3. The molecule has 1 aliphatic rings. The summed E-state index contributed by atoms with van der Waals surface area (Å²) in [5.74, 6) is 1.01. The Kier molecular flexibility index (Phi) is 6.06. The van der Waals surface area contributed by atoms with Crippen molar-refractivity contribution in [2.75, 3.05) is 19.8 Å². The second-order valence-electron chi connectivity index (χ2n) is 6.56. The molecule has 1 atom stereocenters. The van der Waals surface area contributed by atoms with E-state index in [4.69, 9.17) is 25.8 Å². The van der Waals surface area contributed by atoms with Gasteiger partial charge in [0, 0.05) is 0 Å². The highest BCUT2D eigenvalue weighted by Gasteiger charge is 2.21. The van der Waals surface area contributed by atoms with Gasteiger partial charge in [0.1, 0.15) is 24.8 Å². The van der Waals surface area contributed by atoms with Crippen molar-refractivity contribution >= 4 is 17.5 Å². The number of halogens is 2. The summed E-state index contributed by atoms with van der Waals surface area (Å²) < 4.78 is 29.6. The van der Waals surface area contributed by atoms with Crippen molar-refractivity contribution in [3.8, 4) is 17.2 Å². The molecule has 0 saturated carbocycles. The van der Waals surface area contributed by atoms with Gasteiger partial charge >= 0.3 is 0 Å². The summed E-state index contributed by atoms with van der Waals surface area (Å²) in [4.78, 5) is 12.4. The molecule has 0 aliphatic carbocycles. The normalized spacial score (nSPS) is 14.0. The molecule has 5 nitrogen and oxygen atoms in total. The highest BCUT2D eigenvalue weighted by atomic mass is 35.5. The third-order valence-corrected chi connectivity index (χ3v) is 4.46. The van der Waals surface area contributed by atoms with Crippen molar-refractivity contribution in [3.05, 3.63) is 52.8 Å². The van der Waals surface area contributed by atoms with E-state index in [-0.39, 0.29) is 35.2 Å². The highest BCUT2D eigenvalue weighted by molar-refractivity contribution is 6.32. The molecule has 0 fully saturated rings. The molecule has 7 heteroatoms. The van der Waals surface area contributed by atoms with Crippen LogP contribution >= 0.6 is 11.6 Å². The second-order valence-corrected chi connectivity index (χ2v) is 6.96. The molecule has 1 amide bonds. The van der Waals surface area contributed by atoms with Crippen LogP contribution in [0.2, 0.25) is 5.02 Å². The third kappa shape index (κ3) is 4.83. The van der Waals surface area contributed by atoms with Crippen LogP contribution in [0.3, 0.4) is 0 Å². The lowest BCUT2D eigenvalue weighted by Gasteiger charge is -2.25. The van der Waals surface area contributed by atoms with E-state index in [0.717, 1.165) is 11.6 Å². The lowest BCUT2D eigenvalue weighted by molar-refractivity contribution is -0.124. The van der Waals surface area contributed by atoms with E-state index in [2.05, 4.69) is 5.32 Å². The number of carbonyl (C=O) groups is 1. The lowest BCUT2D eigenvalue weighted by atomic mass is 9.95. The van der Waals surface area contributed by atoms with Crippen LogP contribution in [0.1, 0.15) is 25.5 Å². The van der Waals surface area contributed by atoms with E-state index in [0.29, 0.717) is 24.7 Å². The van der Waals surface area contributed by atoms with Gasteiger partial charge in [0.15, 0.2) is 18.1 Å². The molecule has 2 aromatic carbocycles. The van der Waals surface area contributed by atoms with Crippen molar-refractivity contribution in [2.45, 2.75) is 19.9 Å². The quantitative estimate of drug-likeness (QED) is 0.801. The first-order valence-electron chi connectivity index (χ1n) is 8.71. The van der Waals surface area contributed by atoms with Crippen LogP contribution in [0, 0.1) is 11.7 Å². The van der Waals surface area contributed by atoms with Gasteiger partial charge in [-0.3, -0.25) is 4.79 Å². The van der Waals surface area contributed by atoms with Crippen LogP contribution in [0.25, 0.3) is 0 Å². The number of amides is 1. The number of nitrogens with one attached hydrogen (secondary N) is 1. The van der Waals surface area contributed by atoms with Crippen LogP contribution in [0.4, 0.5) is 4.39 Å². The number of fused-ring (bicyclic) bond motifs is 1. The zero-order valence-corrected chi connectivity index (χ0v) is 15.9. The number of ether oxygens (including phenoxy) is 3. The van der Waals surface area contributed by atoms with Gasteiger partial charge < -0.3 is 19.5 Å². The second kappa shape index (κ2) is 8.48. The monoisotopic (exact) mass is 393 g/mol. The number of hydrogen-bond donors (Lipinski definition) is 1. The van der Waals surface area contributed by atoms with E-state index in [1.54, 1.807) is 0 Å². The molecule has 0 bridgehead atoms. The van der Waals surface area contributed by atoms with Gasteiger partial charge in [-0.2, -0.15) is 0 Å². The van der Waals surface area contributed by atoms with Crippen LogP contribution < -0.4 is 19.5 Å². The predicted octanol–water partition coefficient (Wildman–Crippen LogP) is 4.14. The van der Waals surface area contributed by atoms with E-state index in [1.807, 2.05) is 32.0 Å². The molecule has 1 aliphatic heterocycles. The van der Waals surface area contributed by atoms with Crippen LogP contribution in [-0.2, 0) is 4.79 Å². The maximum absolute atomic E-state index is 13.1. The van der Waals surface area contributed by atoms with Crippen LogP contribution in [-0.4, -0.2) is 25.7 Å². The van der Waals surface area contributed by atoms with Gasteiger partial charge in [-0.05, 0) is 41.8 Å². The molecule has 0 aromatic heterocycles. The topological polar surface area (TPSA) is 56.8 Å². The minimum atomic E-state index is -0.463. The summed E-state index contributed by atoms with van der Waals surface area (Å²) in [6.07, 6.45) is 0. The van der Waals surface area contributed by atoms with Gasteiger partial charge in [-0.1, -0.05) is 31.5 Å². The minimum absolute atomic E-state index is 0.120. The van der Waals surface area contributed by atoms with Gasteiger partial charge in [0.05, 0.1) is 11.1 Å². The average Bonchev–Trinajstić information content (AvgIpc) is 2.65. The Labute approximate surface area is 162 Å². The minimum Gasteiger partial charge on any atom is -0.486 e. The molecule has 0 spiro atoms. The highest BCUT2D eigenvalue weighted by Crippen LogP contribution is 2.34. The summed E-state index contributed by atoms with van der Waals surface area (Å²) in [5.41, 5.74) is 0.919. The van der Waals surface area contributed by atoms with Gasteiger partial charge in [0.25, 0.3) is 5.91 Å². The Hall–Kier alpha value is -2.47. The predicted molar refractivity (Wildman–Crippen MR) is 100 cm³/mol. The Bertz CT molecular complexity index is 828. The lowest BCUT2D eigenvalue weighted by Crippen LogP contribution is -2.35. The molecular formula is C20H21ClFNO4. The van der Waals surface area contributed by atoms with Crippen molar-refractivity contribution in [2.24, 2.45) is 5.92 Å². The molecule has 1 unspecified atom stereocenters. The molecule has 27 heavy (non-hydrogen) atoms. The van der Waals surface area contributed by atoms with Crippen LogP contribution in [0.5, 0.6) is 17.2 Å². The fraction of sp³-hybridized carbons (Fsp3) is 0.350. The summed E-state index contributed by atoms with van der Waals surface area (Å²) in [6, 6.07) is 9.19. The number of hydrogen-bond acceptors (Lipinski definition) is 4. The summed E-state index contributed by atoms with van der Waals surface area (Å²) in [6.45, 7) is 4.83. The molecule has 0 saturated heterocycles. The van der Waals surface area contributed by atoms with Gasteiger partial charge in [0.2, 0.25) is 0 Å².